The average molecular weight is 499 g/mol. The van der Waals surface area contributed by atoms with Crippen molar-refractivity contribution in [3.8, 4) is 11.5 Å². The van der Waals surface area contributed by atoms with Gasteiger partial charge in [0.25, 0.3) is 0 Å². The molecule has 9 heteroatoms. The average Bonchev–Trinajstić information content (AvgIpc) is 2.84. The summed E-state index contributed by atoms with van der Waals surface area (Å²) in [6.07, 6.45) is 6.39. The van der Waals surface area contributed by atoms with Crippen molar-refractivity contribution >= 4 is 35.1 Å². The lowest BCUT2D eigenvalue weighted by atomic mass is 10.2. The minimum absolute atomic E-state index is 0.139. The van der Waals surface area contributed by atoms with E-state index in [1.165, 1.54) is 6.33 Å². The zero-order chi connectivity index (χ0) is 25.6. The van der Waals surface area contributed by atoms with Crippen LogP contribution < -0.4 is 15.8 Å². The number of carbonyl (C=O) groups excluding carboxylic acids is 1. The van der Waals surface area contributed by atoms with E-state index in [2.05, 4.69) is 15.3 Å². The van der Waals surface area contributed by atoms with Crippen LogP contribution in [0.2, 0.25) is 5.02 Å². The molecule has 0 aliphatic heterocycles. The van der Waals surface area contributed by atoms with E-state index in [-0.39, 0.29) is 6.61 Å². The quantitative estimate of drug-likeness (QED) is 0.315. The van der Waals surface area contributed by atoms with Gasteiger partial charge in [-0.25, -0.2) is 9.97 Å². The Morgan fingerprint density at radius 1 is 1.20 bits per heavy atom. The van der Waals surface area contributed by atoms with E-state index in [1.54, 1.807) is 36.4 Å². The molecule has 0 bridgehead atoms. The second kappa shape index (κ2) is 14.7. The third-order valence-electron chi connectivity index (χ3n) is 4.57. The SMILES string of the molecule is C/C=C\c1ncnc(Nc2ccc(Oc3cccc(C(N)=O)c3)c(Cl)c2)c1C.CCCOCCO. The van der Waals surface area contributed by atoms with Crippen molar-refractivity contribution in [2.24, 2.45) is 5.73 Å². The largest absolute Gasteiger partial charge is 0.456 e. The summed E-state index contributed by atoms with van der Waals surface area (Å²) in [4.78, 5) is 19.8. The summed E-state index contributed by atoms with van der Waals surface area (Å²) in [5.41, 5.74) is 8.20. The topological polar surface area (TPSA) is 120 Å². The van der Waals surface area contributed by atoms with Crippen LogP contribution in [-0.4, -0.2) is 40.8 Å². The first kappa shape index (κ1) is 27.8. The molecule has 1 heterocycles. The fraction of sp³-hybridized carbons (Fsp3) is 0.269. The number of hydrogen-bond acceptors (Lipinski definition) is 7. The molecular formula is C26H31ClN4O4. The van der Waals surface area contributed by atoms with E-state index >= 15 is 0 Å². The predicted molar refractivity (Wildman–Crippen MR) is 139 cm³/mol. The summed E-state index contributed by atoms with van der Waals surface area (Å²) >= 11 is 6.37. The predicted octanol–water partition coefficient (Wildman–Crippen LogP) is 5.51. The molecule has 3 rings (SSSR count). The van der Waals surface area contributed by atoms with E-state index in [0.717, 1.165) is 30.0 Å². The zero-order valence-electron chi connectivity index (χ0n) is 20.1. The molecule has 0 atom stereocenters. The summed E-state index contributed by atoms with van der Waals surface area (Å²) in [5, 5.41) is 11.8. The van der Waals surface area contributed by atoms with E-state index < -0.39 is 5.91 Å². The van der Waals surface area contributed by atoms with Crippen LogP contribution >= 0.6 is 11.6 Å². The van der Waals surface area contributed by atoms with E-state index in [0.29, 0.717) is 34.5 Å². The van der Waals surface area contributed by atoms with Crippen molar-refractivity contribution in [3.05, 3.63) is 76.7 Å². The molecule has 1 aromatic heterocycles. The molecule has 0 spiro atoms. The Hall–Kier alpha value is -3.46. The highest BCUT2D eigenvalue weighted by molar-refractivity contribution is 6.32. The van der Waals surface area contributed by atoms with Crippen LogP contribution in [0.15, 0.2) is 54.9 Å². The molecule has 0 saturated carbocycles. The Labute approximate surface area is 210 Å². The van der Waals surface area contributed by atoms with Gasteiger partial charge in [0, 0.05) is 23.4 Å². The lowest BCUT2D eigenvalue weighted by Crippen LogP contribution is -2.10. The lowest BCUT2D eigenvalue weighted by molar-refractivity contribution is 0.0928. The van der Waals surface area contributed by atoms with Crippen LogP contribution in [-0.2, 0) is 4.74 Å². The summed E-state index contributed by atoms with van der Waals surface area (Å²) in [7, 11) is 0. The van der Waals surface area contributed by atoms with Crippen LogP contribution in [0.25, 0.3) is 6.08 Å². The molecule has 2 aromatic carbocycles. The molecule has 4 N–H and O–H groups in total. The van der Waals surface area contributed by atoms with Crippen molar-refractivity contribution in [2.45, 2.75) is 27.2 Å². The molecule has 0 fully saturated rings. The number of carbonyl (C=O) groups is 1. The number of amides is 1. The van der Waals surface area contributed by atoms with Gasteiger partial charge in [0.1, 0.15) is 23.6 Å². The molecule has 0 aliphatic carbocycles. The number of allylic oxidation sites excluding steroid dienone is 1. The fourth-order valence-corrected chi connectivity index (χ4v) is 3.08. The first-order valence-electron chi connectivity index (χ1n) is 11.2. The molecular weight excluding hydrogens is 468 g/mol. The number of nitrogens with two attached hydrogens (primary N) is 1. The molecule has 0 saturated heterocycles. The summed E-state index contributed by atoms with van der Waals surface area (Å²) in [6, 6.07) is 11.9. The summed E-state index contributed by atoms with van der Waals surface area (Å²) < 4.78 is 10.7. The number of benzene rings is 2. The number of nitrogens with zero attached hydrogens (tertiary/aromatic N) is 2. The van der Waals surface area contributed by atoms with Crippen LogP contribution in [0.3, 0.4) is 0 Å². The van der Waals surface area contributed by atoms with Crippen molar-refractivity contribution in [1.29, 1.82) is 0 Å². The Morgan fingerprint density at radius 3 is 2.66 bits per heavy atom. The normalized spacial score (nSPS) is 10.5. The third-order valence-corrected chi connectivity index (χ3v) is 4.87. The van der Waals surface area contributed by atoms with Crippen LogP contribution in [0, 0.1) is 6.92 Å². The molecule has 0 aliphatic rings. The van der Waals surface area contributed by atoms with Crippen molar-refractivity contribution in [1.82, 2.24) is 9.97 Å². The van der Waals surface area contributed by atoms with Gasteiger partial charge in [0.15, 0.2) is 0 Å². The van der Waals surface area contributed by atoms with E-state index in [1.807, 2.05) is 39.0 Å². The van der Waals surface area contributed by atoms with E-state index in [9.17, 15) is 4.79 Å². The Kier molecular flexibility index (Phi) is 11.7. The van der Waals surface area contributed by atoms with Gasteiger partial charge in [0.2, 0.25) is 5.91 Å². The number of nitrogens with one attached hydrogen (secondary N) is 1. The monoisotopic (exact) mass is 498 g/mol. The van der Waals surface area contributed by atoms with Crippen LogP contribution in [0.1, 0.15) is 41.9 Å². The van der Waals surface area contributed by atoms with Gasteiger partial charge in [-0.05, 0) is 62.7 Å². The van der Waals surface area contributed by atoms with Gasteiger partial charge in [-0.2, -0.15) is 0 Å². The summed E-state index contributed by atoms with van der Waals surface area (Å²) in [6.45, 7) is 7.31. The van der Waals surface area contributed by atoms with Crippen molar-refractivity contribution in [3.63, 3.8) is 0 Å². The van der Waals surface area contributed by atoms with Gasteiger partial charge in [-0.1, -0.05) is 30.7 Å². The zero-order valence-corrected chi connectivity index (χ0v) is 20.9. The Balaban J connectivity index is 0.000000540. The lowest BCUT2D eigenvalue weighted by Gasteiger charge is -2.12. The second-order valence-corrected chi connectivity index (χ2v) is 7.74. The van der Waals surface area contributed by atoms with Gasteiger partial charge in [-0.15, -0.1) is 0 Å². The van der Waals surface area contributed by atoms with Crippen molar-refractivity contribution in [2.75, 3.05) is 25.1 Å². The molecule has 0 unspecified atom stereocenters. The smallest absolute Gasteiger partial charge is 0.248 e. The molecule has 8 nitrogen and oxygen atoms in total. The maximum absolute atomic E-state index is 11.3. The first-order chi connectivity index (χ1) is 16.9. The maximum atomic E-state index is 11.3. The van der Waals surface area contributed by atoms with Gasteiger partial charge < -0.3 is 25.6 Å². The minimum Gasteiger partial charge on any atom is -0.456 e. The van der Waals surface area contributed by atoms with Crippen molar-refractivity contribution < 1.29 is 19.4 Å². The summed E-state index contributed by atoms with van der Waals surface area (Å²) in [5.74, 6) is 1.11. The minimum atomic E-state index is -0.520. The number of rotatable bonds is 10. The standard InChI is InChI=1S/C21H19ClN4O2.C5H12O2/c1-3-5-18-13(2)21(25-12-24-18)26-15-8-9-19(17(22)11-15)28-16-7-4-6-14(10-16)20(23)27;1-2-4-7-5-3-6/h3-12H,1-2H3,(H2,23,27)(H,24,25,26);6H,2-5H2,1H3/b5-3-;. The van der Waals surface area contributed by atoms with Crippen LogP contribution in [0.4, 0.5) is 11.5 Å². The number of primary amides is 1. The highest BCUT2D eigenvalue weighted by atomic mass is 35.5. The number of hydrogen-bond donors (Lipinski definition) is 3. The highest BCUT2D eigenvalue weighted by Gasteiger charge is 2.09. The third kappa shape index (κ3) is 9.01. The number of aliphatic hydroxyl groups is 1. The number of aliphatic hydroxyl groups excluding tert-OH is 1. The Morgan fingerprint density at radius 2 is 2.00 bits per heavy atom. The molecule has 186 valence electrons. The highest BCUT2D eigenvalue weighted by Crippen LogP contribution is 2.33. The number of ether oxygens (including phenoxy) is 2. The van der Waals surface area contributed by atoms with Gasteiger partial charge in [-0.3, -0.25) is 4.79 Å². The molecule has 35 heavy (non-hydrogen) atoms. The maximum Gasteiger partial charge on any atom is 0.248 e. The van der Waals surface area contributed by atoms with Gasteiger partial charge >= 0.3 is 0 Å². The van der Waals surface area contributed by atoms with Crippen LogP contribution in [0.5, 0.6) is 11.5 Å². The number of aromatic nitrogens is 2. The first-order valence-corrected chi connectivity index (χ1v) is 11.5. The second-order valence-electron chi connectivity index (χ2n) is 7.33. The Bertz CT molecular complexity index is 1130. The number of anilines is 2. The van der Waals surface area contributed by atoms with Gasteiger partial charge in [0.05, 0.1) is 23.9 Å². The van der Waals surface area contributed by atoms with E-state index in [4.69, 9.17) is 31.9 Å². The molecule has 1 amide bonds. The fourth-order valence-electron chi connectivity index (χ4n) is 2.86. The molecule has 0 radical (unpaired) electrons. The number of halogens is 1. The molecule has 3 aromatic rings.